The smallest absolute Gasteiger partial charge is 0.272 e. The summed E-state index contributed by atoms with van der Waals surface area (Å²) in [5, 5.41) is 7.22. The number of unbranched alkanes of at least 4 members (excludes halogenated alkanes) is 1. The molecule has 0 aliphatic carbocycles. The summed E-state index contributed by atoms with van der Waals surface area (Å²) >= 11 is 0. The lowest BCUT2D eigenvalue weighted by molar-refractivity contribution is 0.0930. The zero-order chi connectivity index (χ0) is 14.4. The molecular formula is C14H26N4O. The Balaban J connectivity index is 2.69. The summed E-state index contributed by atoms with van der Waals surface area (Å²) < 4.78 is 1.77. The molecule has 0 aliphatic rings. The largest absolute Gasteiger partial charge is 0.347 e. The van der Waals surface area contributed by atoms with Gasteiger partial charge in [0.2, 0.25) is 0 Å². The maximum atomic E-state index is 12.1. The Hall–Kier alpha value is -1.36. The van der Waals surface area contributed by atoms with E-state index >= 15 is 0 Å². The maximum Gasteiger partial charge on any atom is 0.272 e. The quantitative estimate of drug-likeness (QED) is 0.790. The molecule has 0 spiro atoms. The third-order valence-electron chi connectivity index (χ3n) is 3.27. The molecule has 108 valence electrons. The number of nitrogens with zero attached hydrogens (tertiary/aromatic N) is 2. The lowest BCUT2D eigenvalue weighted by Crippen LogP contribution is -2.40. The van der Waals surface area contributed by atoms with Gasteiger partial charge in [-0.3, -0.25) is 9.48 Å². The van der Waals surface area contributed by atoms with Crippen LogP contribution in [0.5, 0.6) is 0 Å². The Morgan fingerprint density at radius 2 is 2.21 bits per heavy atom. The monoisotopic (exact) mass is 266 g/mol. The van der Waals surface area contributed by atoms with Gasteiger partial charge in [-0.05, 0) is 18.4 Å². The van der Waals surface area contributed by atoms with Crippen molar-refractivity contribution in [3.63, 3.8) is 0 Å². The van der Waals surface area contributed by atoms with Gasteiger partial charge >= 0.3 is 0 Å². The molecule has 5 heteroatoms. The van der Waals surface area contributed by atoms with Crippen LogP contribution >= 0.6 is 0 Å². The fourth-order valence-corrected chi connectivity index (χ4v) is 2.09. The molecule has 0 saturated carbocycles. The van der Waals surface area contributed by atoms with Crippen LogP contribution in [0.15, 0.2) is 6.07 Å². The summed E-state index contributed by atoms with van der Waals surface area (Å²) in [5.41, 5.74) is 7.21. The zero-order valence-corrected chi connectivity index (χ0v) is 12.4. The third kappa shape index (κ3) is 4.35. The van der Waals surface area contributed by atoms with Gasteiger partial charge in [-0.15, -0.1) is 0 Å². The van der Waals surface area contributed by atoms with Gasteiger partial charge in [-0.2, -0.15) is 5.10 Å². The predicted octanol–water partition coefficient (Wildman–Crippen LogP) is 1.79. The van der Waals surface area contributed by atoms with E-state index in [1.165, 1.54) is 0 Å². The van der Waals surface area contributed by atoms with Crippen LogP contribution in [0.25, 0.3) is 0 Å². The van der Waals surface area contributed by atoms with Gasteiger partial charge in [0.15, 0.2) is 0 Å². The molecule has 0 aromatic carbocycles. The first-order valence-corrected chi connectivity index (χ1v) is 7.04. The van der Waals surface area contributed by atoms with Gasteiger partial charge in [-0.25, -0.2) is 0 Å². The van der Waals surface area contributed by atoms with Gasteiger partial charge in [0, 0.05) is 25.3 Å². The van der Waals surface area contributed by atoms with E-state index in [-0.39, 0.29) is 11.9 Å². The van der Waals surface area contributed by atoms with E-state index in [4.69, 9.17) is 5.73 Å². The fraction of sp³-hybridized carbons (Fsp3) is 0.714. The Morgan fingerprint density at radius 1 is 1.53 bits per heavy atom. The van der Waals surface area contributed by atoms with Crippen LogP contribution in [0.3, 0.4) is 0 Å². The minimum atomic E-state index is -0.131. The van der Waals surface area contributed by atoms with Crippen molar-refractivity contribution in [1.29, 1.82) is 0 Å². The van der Waals surface area contributed by atoms with E-state index in [2.05, 4.69) is 31.2 Å². The van der Waals surface area contributed by atoms with E-state index in [0.29, 0.717) is 18.2 Å². The van der Waals surface area contributed by atoms with Crippen molar-refractivity contribution in [1.82, 2.24) is 15.1 Å². The molecule has 0 radical (unpaired) electrons. The molecule has 0 saturated heterocycles. The van der Waals surface area contributed by atoms with Crippen molar-refractivity contribution in [2.45, 2.75) is 52.0 Å². The minimum absolute atomic E-state index is 0.0388. The van der Waals surface area contributed by atoms with E-state index in [1.54, 1.807) is 4.68 Å². The number of hydrogen-bond acceptors (Lipinski definition) is 3. The average molecular weight is 266 g/mol. The van der Waals surface area contributed by atoms with Gasteiger partial charge in [0.05, 0.1) is 0 Å². The molecule has 3 N–H and O–H groups in total. The van der Waals surface area contributed by atoms with E-state index < -0.39 is 0 Å². The normalized spacial score (nSPS) is 12.7. The number of rotatable bonds is 7. The van der Waals surface area contributed by atoms with E-state index in [9.17, 15) is 4.79 Å². The Morgan fingerprint density at radius 3 is 2.68 bits per heavy atom. The molecule has 1 aromatic rings. The summed E-state index contributed by atoms with van der Waals surface area (Å²) in [6.07, 6.45) is 3.09. The second kappa shape index (κ2) is 7.28. The standard InChI is InChI=1S/C14H26N4O/c1-5-6-7-11(9-15)16-14(19)12-8-13(10(2)3)18(4)17-12/h8,10-11H,5-7,9,15H2,1-4H3,(H,16,19). The van der Waals surface area contributed by atoms with E-state index in [0.717, 1.165) is 25.0 Å². The van der Waals surface area contributed by atoms with Crippen LogP contribution < -0.4 is 11.1 Å². The first kappa shape index (κ1) is 15.7. The van der Waals surface area contributed by atoms with Gasteiger partial charge < -0.3 is 11.1 Å². The number of aryl methyl sites for hydroxylation is 1. The molecule has 1 rings (SSSR count). The van der Waals surface area contributed by atoms with Crippen LogP contribution in [-0.4, -0.2) is 28.3 Å². The molecular weight excluding hydrogens is 240 g/mol. The highest BCUT2D eigenvalue weighted by molar-refractivity contribution is 5.92. The van der Waals surface area contributed by atoms with Gasteiger partial charge in [0.1, 0.15) is 5.69 Å². The van der Waals surface area contributed by atoms with Crippen molar-refractivity contribution in [2.24, 2.45) is 12.8 Å². The second-order valence-corrected chi connectivity index (χ2v) is 5.28. The topological polar surface area (TPSA) is 72.9 Å². The average Bonchev–Trinajstić information content (AvgIpc) is 2.76. The summed E-state index contributed by atoms with van der Waals surface area (Å²) in [4.78, 5) is 12.1. The number of aromatic nitrogens is 2. The lowest BCUT2D eigenvalue weighted by Gasteiger charge is -2.15. The van der Waals surface area contributed by atoms with Crippen molar-refractivity contribution in [2.75, 3.05) is 6.54 Å². The number of nitrogens with one attached hydrogen (secondary N) is 1. The Kier molecular flexibility index (Phi) is 6.02. The summed E-state index contributed by atoms with van der Waals surface area (Å²) in [6.45, 7) is 6.77. The molecule has 1 atom stereocenters. The van der Waals surface area contributed by atoms with Crippen molar-refractivity contribution < 1.29 is 4.79 Å². The lowest BCUT2D eigenvalue weighted by atomic mass is 10.1. The predicted molar refractivity (Wildman–Crippen MR) is 77.1 cm³/mol. The highest BCUT2D eigenvalue weighted by Crippen LogP contribution is 2.14. The Bertz CT molecular complexity index is 412. The third-order valence-corrected chi connectivity index (χ3v) is 3.27. The molecule has 1 unspecified atom stereocenters. The van der Waals surface area contributed by atoms with Crippen LogP contribution in [0.2, 0.25) is 0 Å². The van der Waals surface area contributed by atoms with Crippen molar-refractivity contribution >= 4 is 5.91 Å². The second-order valence-electron chi connectivity index (χ2n) is 5.28. The van der Waals surface area contributed by atoms with Crippen LogP contribution in [0, 0.1) is 0 Å². The number of hydrogen-bond donors (Lipinski definition) is 2. The first-order chi connectivity index (χ1) is 8.99. The number of carbonyl (C=O) groups excluding carboxylic acids is 1. The minimum Gasteiger partial charge on any atom is -0.347 e. The van der Waals surface area contributed by atoms with Crippen LogP contribution in [0.4, 0.5) is 0 Å². The van der Waals surface area contributed by atoms with Crippen LogP contribution in [0.1, 0.15) is 62.1 Å². The Labute approximate surface area is 115 Å². The van der Waals surface area contributed by atoms with Crippen molar-refractivity contribution in [3.05, 3.63) is 17.5 Å². The van der Waals surface area contributed by atoms with Gasteiger partial charge in [-0.1, -0.05) is 33.6 Å². The summed E-state index contributed by atoms with van der Waals surface area (Å²) in [5.74, 6) is 0.221. The number of nitrogens with two attached hydrogens (primary N) is 1. The molecule has 0 fully saturated rings. The highest BCUT2D eigenvalue weighted by atomic mass is 16.2. The fourth-order valence-electron chi connectivity index (χ4n) is 2.09. The number of amides is 1. The molecule has 1 aromatic heterocycles. The first-order valence-electron chi connectivity index (χ1n) is 7.04. The summed E-state index contributed by atoms with van der Waals surface area (Å²) in [6, 6.07) is 1.89. The molecule has 0 aliphatic heterocycles. The summed E-state index contributed by atoms with van der Waals surface area (Å²) in [7, 11) is 1.86. The molecule has 5 nitrogen and oxygen atoms in total. The number of carbonyl (C=O) groups is 1. The zero-order valence-electron chi connectivity index (χ0n) is 12.4. The molecule has 1 heterocycles. The SMILES string of the molecule is CCCCC(CN)NC(=O)c1cc(C(C)C)n(C)n1. The van der Waals surface area contributed by atoms with Crippen LogP contribution in [-0.2, 0) is 7.05 Å². The highest BCUT2D eigenvalue weighted by Gasteiger charge is 2.17. The van der Waals surface area contributed by atoms with Gasteiger partial charge in [0.25, 0.3) is 5.91 Å². The molecule has 1 amide bonds. The van der Waals surface area contributed by atoms with E-state index in [1.807, 2.05) is 13.1 Å². The molecule has 19 heavy (non-hydrogen) atoms. The molecule has 0 bridgehead atoms. The van der Waals surface area contributed by atoms with Crippen molar-refractivity contribution in [3.8, 4) is 0 Å². The maximum absolute atomic E-state index is 12.1.